The maximum absolute atomic E-state index is 13.4. The van der Waals surface area contributed by atoms with Gasteiger partial charge in [-0.05, 0) is 63.2 Å². The molecule has 0 unspecified atom stereocenters. The van der Waals surface area contributed by atoms with E-state index in [9.17, 15) is 19.5 Å². The van der Waals surface area contributed by atoms with Gasteiger partial charge >= 0.3 is 0 Å². The van der Waals surface area contributed by atoms with E-state index in [0.717, 1.165) is 82.8 Å². The predicted octanol–water partition coefficient (Wildman–Crippen LogP) is 6.69. The van der Waals surface area contributed by atoms with Gasteiger partial charge in [-0.2, -0.15) is 4.57 Å². The van der Waals surface area contributed by atoms with Crippen LogP contribution in [0.15, 0.2) is 148 Å². The lowest BCUT2D eigenvalue weighted by Gasteiger charge is -2.31. The fourth-order valence-electron chi connectivity index (χ4n) is 7.53. The Morgan fingerprint density at radius 1 is 0.667 bits per heavy atom. The van der Waals surface area contributed by atoms with E-state index in [1.54, 1.807) is 12.2 Å². The monoisotopic (exact) mass is 709 g/mol. The number of aliphatic hydroxyl groups is 1. The zero-order valence-electron chi connectivity index (χ0n) is 30.5. The second-order valence-electron chi connectivity index (χ2n) is 14.0. The highest BCUT2D eigenvalue weighted by molar-refractivity contribution is 6.37. The number of hydrogen-bond acceptors (Lipinski definition) is 5. The van der Waals surface area contributed by atoms with E-state index in [2.05, 4.69) is 47.6 Å². The van der Waals surface area contributed by atoms with Crippen LogP contribution in [0.5, 0.6) is 0 Å². The number of unbranched alkanes of at least 4 members (excludes halogenated alkanes) is 2. The average Bonchev–Trinajstić information content (AvgIpc) is 3.21. The normalized spacial score (nSPS) is 14.6. The molecule has 5 aromatic carbocycles. The van der Waals surface area contributed by atoms with Crippen molar-refractivity contribution in [2.75, 3.05) is 11.4 Å². The molecule has 0 saturated carbocycles. The van der Waals surface area contributed by atoms with E-state index in [1.165, 1.54) is 0 Å². The van der Waals surface area contributed by atoms with Crippen molar-refractivity contribution in [3.8, 4) is 0 Å². The van der Waals surface area contributed by atoms with E-state index in [4.69, 9.17) is 0 Å². The zero-order valence-corrected chi connectivity index (χ0v) is 30.5. The zero-order chi connectivity index (χ0) is 37.3. The number of hydrogen-bond donors (Lipinski definition) is 1. The Hall–Kier alpha value is -6.40. The molecule has 1 aromatic heterocycles. The molecule has 0 radical (unpaired) electrons. The Labute approximate surface area is 312 Å². The molecule has 2 heterocycles. The molecule has 266 valence electrons. The van der Waals surface area contributed by atoms with E-state index in [-0.39, 0.29) is 32.8 Å². The molecule has 1 aliphatic carbocycles. The van der Waals surface area contributed by atoms with Crippen molar-refractivity contribution >= 4 is 40.1 Å². The number of aromatic nitrogens is 1. The first-order chi connectivity index (χ1) is 26.4. The van der Waals surface area contributed by atoms with Crippen molar-refractivity contribution in [2.45, 2.75) is 46.1 Å². The maximum Gasteiger partial charge on any atom is 0.212 e. The first-order valence-corrected chi connectivity index (χ1v) is 18.8. The number of para-hydroxylation sites is 2. The van der Waals surface area contributed by atoms with Gasteiger partial charge in [0.2, 0.25) is 27.9 Å². The summed E-state index contributed by atoms with van der Waals surface area (Å²) in [6, 6.07) is 35.3. The quantitative estimate of drug-likeness (QED) is 0.178. The van der Waals surface area contributed by atoms with E-state index in [0.29, 0.717) is 21.6 Å². The van der Waals surface area contributed by atoms with Crippen molar-refractivity contribution < 1.29 is 14.5 Å². The molecular formula is C48H41N2O4+. The smallest absolute Gasteiger partial charge is 0.212 e. The van der Waals surface area contributed by atoms with Gasteiger partial charge in [0.1, 0.15) is 12.3 Å². The summed E-state index contributed by atoms with van der Waals surface area (Å²) in [7, 11) is 0. The topological polar surface area (TPSA) is 78.6 Å². The third-order valence-corrected chi connectivity index (χ3v) is 10.6. The Morgan fingerprint density at radius 2 is 1.31 bits per heavy atom. The number of ketones is 1. The predicted molar refractivity (Wildman–Crippen MR) is 215 cm³/mol. The molecule has 0 saturated heterocycles. The van der Waals surface area contributed by atoms with Crippen molar-refractivity contribution in [1.82, 2.24) is 0 Å². The van der Waals surface area contributed by atoms with Crippen molar-refractivity contribution in [1.29, 1.82) is 0 Å². The molecule has 54 heavy (non-hydrogen) atoms. The molecular weight excluding hydrogens is 669 g/mol. The lowest BCUT2D eigenvalue weighted by molar-refractivity contribution is -0.673. The van der Waals surface area contributed by atoms with Crippen molar-refractivity contribution in [3.05, 3.63) is 201 Å². The number of carbonyl (C=O) groups excluding carboxylic acids is 1. The molecule has 0 fully saturated rings. The van der Waals surface area contributed by atoms with Crippen LogP contribution in [-0.2, 0) is 11.3 Å². The summed E-state index contributed by atoms with van der Waals surface area (Å²) in [4.78, 5) is 42.3. The molecule has 8 rings (SSSR count). The minimum Gasteiger partial charge on any atom is -0.506 e. The van der Waals surface area contributed by atoms with Gasteiger partial charge in [0.25, 0.3) is 0 Å². The first kappa shape index (κ1) is 34.7. The number of anilines is 1. The number of allylic oxidation sites excluding steroid dienone is 4. The number of benzene rings is 4. The van der Waals surface area contributed by atoms with E-state index in [1.807, 2.05) is 97.1 Å². The van der Waals surface area contributed by atoms with Crippen LogP contribution in [0.4, 0.5) is 5.69 Å². The molecule has 6 aromatic rings. The van der Waals surface area contributed by atoms with Crippen LogP contribution in [0, 0.1) is 20.9 Å². The SMILES string of the molecule is CCCCN1C(=CC2=C(O)C(=c3ccc(=c4ccc(=c5c(=O)c(=Cc6ccc7ccccc7[n+]6CCCC)c5=O)cc4)cc3)C2=O)C=Cc2ccccc21. The summed E-state index contributed by atoms with van der Waals surface area (Å²) in [5.41, 5.74) is 5.17. The van der Waals surface area contributed by atoms with Gasteiger partial charge in [-0.3, -0.25) is 14.4 Å². The minimum absolute atomic E-state index is 0.00368. The lowest BCUT2D eigenvalue weighted by Crippen LogP contribution is -2.51. The summed E-state index contributed by atoms with van der Waals surface area (Å²) in [6.45, 7) is 5.93. The van der Waals surface area contributed by atoms with E-state index < -0.39 is 0 Å². The number of Topliss-reactive ketones (excluding diaryl/α,β-unsaturated/α-hetero) is 1. The number of fused-ring (bicyclic) bond motifs is 2. The second kappa shape index (κ2) is 14.6. The molecule has 0 amide bonds. The number of nitrogens with zero attached hydrogens (tertiary/aromatic N) is 2. The van der Waals surface area contributed by atoms with Crippen LogP contribution < -0.4 is 30.8 Å². The number of carbonyl (C=O) groups is 1. The highest BCUT2D eigenvalue weighted by atomic mass is 16.3. The lowest BCUT2D eigenvalue weighted by atomic mass is 9.85. The van der Waals surface area contributed by atoms with E-state index >= 15 is 0 Å². The highest BCUT2D eigenvalue weighted by Crippen LogP contribution is 2.35. The third kappa shape index (κ3) is 6.13. The van der Waals surface area contributed by atoms with Gasteiger partial charge in [0.05, 0.1) is 21.6 Å². The first-order valence-electron chi connectivity index (χ1n) is 18.8. The van der Waals surface area contributed by atoms with Crippen LogP contribution in [0.2, 0.25) is 0 Å². The fourth-order valence-corrected chi connectivity index (χ4v) is 7.53. The second-order valence-corrected chi connectivity index (χ2v) is 14.0. The maximum atomic E-state index is 13.4. The summed E-state index contributed by atoms with van der Waals surface area (Å²) in [5.74, 6) is -0.180. The molecule has 2 aliphatic rings. The van der Waals surface area contributed by atoms with Crippen LogP contribution in [0.3, 0.4) is 0 Å². The van der Waals surface area contributed by atoms with Crippen molar-refractivity contribution in [3.63, 3.8) is 0 Å². The molecule has 1 N–H and O–H groups in total. The largest absolute Gasteiger partial charge is 0.506 e. The fraction of sp³-hybridized carbons (Fsp3) is 0.167. The number of aliphatic hydroxyl groups excluding tert-OH is 1. The van der Waals surface area contributed by atoms with Crippen LogP contribution in [0.25, 0.3) is 28.6 Å². The Balaban J connectivity index is 1.11. The third-order valence-electron chi connectivity index (χ3n) is 10.6. The number of aryl methyl sites for hydroxylation is 1. The average molecular weight is 710 g/mol. The van der Waals surface area contributed by atoms with Gasteiger partial charge in [-0.25, -0.2) is 0 Å². The minimum atomic E-state index is -0.240. The molecule has 0 atom stereocenters. The van der Waals surface area contributed by atoms with Gasteiger partial charge in [0, 0.05) is 47.9 Å². The van der Waals surface area contributed by atoms with Crippen LogP contribution in [-0.4, -0.2) is 17.4 Å². The number of rotatable bonds is 8. The summed E-state index contributed by atoms with van der Waals surface area (Å²) in [5, 5.41) is 15.7. The molecule has 6 heteroatoms. The summed E-state index contributed by atoms with van der Waals surface area (Å²) < 4.78 is 2.19. The standard InChI is InChI=1S/C48H40N2O4/c1-3-5-27-49-37(25-23-33-11-7-9-13-41(33)49)29-39-45(51)43(46(39)52)35-19-15-31(16-20-35)32-17-21-36(22-18-32)44-47(53)40(48(44)54)30-38-26-24-34-12-8-10-14-42(34)50(38)28-6-4-2/h7-26,29-30H,3-6,27-28H2,1-2H3/p+1. The Kier molecular flexibility index (Phi) is 9.34. The van der Waals surface area contributed by atoms with Gasteiger partial charge in [-0.15, -0.1) is 0 Å². The van der Waals surface area contributed by atoms with Crippen LogP contribution >= 0.6 is 0 Å². The molecule has 6 nitrogen and oxygen atoms in total. The highest BCUT2D eigenvalue weighted by Gasteiger charge is 2.33. The Morgan fingerprint density at radius 3 is 2.02 bits per heavy atom. The van der Waals surface area contributed by atoms with Crippen LogP contribution in [0.1, 0.15) is 50.8 Å². The van der Waals surface area contributed by atoms with Gasteiger partial charge < -0.3 is 10.0 Å². The van der Waals surface area contributed by atoms with Gasteiger partial charge in [-0.1, -0.05) is 112 Å². The number of pyridine rings is 1. The molecule has 1 aliphatic heterocycles. The van der Waals surface area contributed by atoms with Gasteiger partial charge in [0.15, 0.2) is 0 Å². The summed E-state index contributed by atoms with van der Waals surface area (Å²) in [6.07, 6.45) is 11.7. The summed E-state index contributed by atoms with van der Waals surface area (Å²) >= 11 is 0. The van der Waals surface area contributed by atoms with Crippen molar-refractivity contribution in [2.24, 2.45) is 0 Å². The molecule has 0 spiro atoms. The molecule has 0 bridgehead atoms. The Bertz CT molecular complexity index is 2920.